The number of nitrogens with zero attached hydrogens (tertiary/aromatic N) is 8. The zero-order chi connectivity index (χ0) is 29.7. The highest BCUT2D eigenvalue weighted by molar-refractivity contribution is 5.94. The van der Waals surface area contributed by atoms with E-state index in [2.05, 4.69) is 70.0 Å². The van der Waals surface area contributed by atoms with Gasteiger partial charge in [0.15, 0.2) is 0 Å². The molecule has 0 aliphatic carbocycles. The van der Waals surface area contributed by atoms with Crippen molar-refractivity contribution >= 4 is 34.9 Å². The summed E-state index contributed by atoms with van der Waals surface area (Å²) >= 11 is 0. The van der Waals surface area contributed by atoms with Gasteiger partial charge in [-0.3, -0.25) is 9.58 Å². The number of piperazine rings is 1. The highest BCUT2D eigenvalue weighted by atomic mass is 16.2. The minimum absolute atomic E-state index is 0.00529. The summed E-state index contributed by atoms with van der Waals surface area (Å²) < 4.78 is 1.83. The molecule has 0 spiro atoms. The first-order valence-electron chi connectivity index (χ1n) is 14.9. The number of fused-ring (bicyclic) bond motifs is 2. The molecule has 2 aromatic heterocycles. The minimum Gasteiger partial charge on any atom is -0.385 e. The van der Waals surface area contributed by atoms with Crippen LogP contribution in [-0.4, -0.2) is 82.4 Å². The first-order valence-corrected chi connectivity index (χ1v) is 14.9. The second-order valence-corrected chi connectivity index (χ2v) is 11.8. The molecular formula is C32H38N10O. The van der Waals surface area contributed by atoms with Gasteiger partial charge in [-0.25, -0.2) is 9.78 Å². The lowest BCUT2D eigenvalue weighted by atomic mass is 9.95. The van der Waals surface area contributed by atoms with Gasteiger partial charge in [0.1, 0.15) is 5.82 Å². The molecule has 1 fully saturated rings. The fourth-order valence-corrected chi connectivity index (χ4v) is 6.46. The molecule has 7 rings (SSSR count). The van der Waals surface area contributed by atoms with Crippen LogP contribution in [0.25, 0.3) is 11.1 Å². The molecule has 2 aromatic carbocycles. The van der Waals surface area contributed by atoms with E-state index in [1.165, 1.54) is 5.69 Å². The van der Waals surface area contributed by atoms with E-state index in [4.69, 9.17) is 9.97 Å². The van der Waals surface area contributed by atoms with E-state index >= 15 is 0 Å². The van der Waals surface area contributed by atoms with Crippen LogP contribution in [0.15, 0.2) is 55.0 Å². The molecule has 1 saturated heterocycles. The average molecular weight is 579 g/mol. The van der Waals surface area contributed by atoms with Crippen LogP contribution in [0, 0.1) is 6.92 Å². The molecule has 222 valence electrons. The van der Waals surface area contributed by atoms with Crippen molar-refractivity contribution in [1.29, 1.82) is 0 Å². The number of anilines is 5. The van der Waals surface area contributed by atoms with Gasteiger partial charge in [0.05, 0.1) is 18.8 Å². The quantitative estimate of drug-likeness (QED) is 0.355. The lowest BCUT2D eigenvalue weighted by Crippen LogP contribution is -2.48. The smallest absolute Gasteiger partial charge is 0.326 e. The number of urea groups is 1. The van der Waals surface area contributed by atoms with E-state index in [1.807, 2.05) is 41.2 Å². The Bertz CT molecular complexity index is 1670. The van der Waals surface area contributed by atoms with Crippen LogP contribution in [0.1, 0.15) is 29.2 Å². The van der Waals surface area contributed by atoms with Gasteiger partial charge in [0.25, 0.3) is 0 Å². The van der Waals surface area contributed by atoms with Crippen molar-refractivity contribution in [3.8, 4) is 11.1 Å². The molecule has 43 heavy (non-hydrogen) atoms. The Hall–Kier alpha value is -4.64. The number of likely N-dealkylation sites (N-methyl/N-ethyl adjacent to an activating group) is 1. The number of hydrogen-bond donors (Lipinski definition) is 2. The highest BCUT2D eigenvalue weighted by Gasteiger charge is 2.36. The number of aromatic nitrogens is 4. The van der Waals surface area contributed by atoms with Gasteiger partial charge < -0.3 is 25.3 Å². The van der Waals surface area contributed by atoms with Crippen molar-refractivity contribution in [3.63, 3.8) is 0 Å². The molecule has 5 heterocycles. The molecule has 11 heteroatoms. The SMILES string of the molecule is Cc1cc(N2CCN(C)CC2)c(-c2cnn(C)c2)cc1Nc1ncc2c(n1)N(C)C(=O)N(C1CCNc3ccccc31)C2. The van der Waals surface area contributed by atoms with Gasteiger partial charge in [-0.2, -0.15) is 10.1 Å². The van der Waals surface area contributed by atoms with Crippen molar-refractivity contribution in [1.82, 2.24) is 29.5 Å². The third kappa shape index (κ3) is 5.03. The Morgan fingerprint density at radius 2 is 1.84 bits per heavy atom. The summed E-state index contributed by atoms with van der Waals surface area (Å²) in [7, 11) is 5.91. The zero-order valence-corrected chi connectivity index (χ0v) is 25.2. The van der Waals surface area contributed by atoms with Gasteiger partial charge in [0, 0.05) is 93.0 Å². The summed E-state index contributed by atoms with van der Waals surface area (Å²) in [6.07, 6.45) is 6.67. The summed E-state index contributed by atoms with van der Waals surface area (Å²) in [6.45, 7) is 7.42. The third-order valence-electron chi connectivity index (χ3n) is 8.91. The van der Waals surface area contributed by atoms with Crippen molar-refractivity contribution in [2.24, 2.45) is 7.05 Å². The van der Waals surface area contributed by atoms with E-state index in [0.717, 1.165) is 78.3 Å². The van der Waals surface area contributed by atoms with E-state index in [0.29, 0.717) is 18.3 Å². The van der Waals surface area contributed by atoms with Crippen molar-refractivity contribution in [3.05, 3.63) is 71.7 Å². The predicted octanol–water partition coefficient (Wildman–Crippen LogP) is 4.61. The molecule has 3 aliphatic rings. The topological polar surface area (TPSA) is 97.7 Å². The Morgan fingerprint density at radius 3 is 2.63 bits per heavy atom. The van der Waals surface area contributed by atoms with Crippen LogP contribution in [-0.2, 0) is 13.6 Å². The summed E-state index contributed by atoms with van der Waals surface area (Å²) in [6, 6.07) is 12.6. The first kappa shape index (κ1) is 27.2. The van der Waals surface area contributed by atoms with Gasteiger partial charge in [-0.05, 0) is 49.7 Å². The number of carbonyl (C=O) groups is 1. The van der Waals surface area contributed by atoms with Crippen LogP contribution in [0.2, 0.25) is 0 Å². The molecule has 3 aliphatic heterocycles. The Labute approximate surface area is 252 Å². The van der Waals surface area contributed by atoms with Crippen molar-refractivity contribution in [2.45, 2.75) is 25.9 Å². The molecule has 0 radical (unpaired) electrons. The van der Waals surface area contributed by atoms with Crippen LogP contribution < -0.4 is 20.4 Å². The van der Waals surface area contributed by atoms with Crippen LogP contribution in [0.3, 0.4) is 0 Å². The Balaban J connectivity index is 1.18. The Kier molecular flexibility index (Phi) is 6.89. The standard InChI is InChI=1S/C32H38N10O/c1-21-15-29(41-13-11-38(2)12-14-41)25(22-18-35-39(3)19-22)16-27(21)36-31-34-17-23-20-42(32(43)40(4)30(23)37-31)28-9-10-33-26-8-6-5-7-24(26)28/h5-8,15-19,28,33H,9-14,20H2,1-4H3,(H,34,36,37). The zero-order valence-electron chi connectivity index (χ0n) is 25.2. The number of rotatable bonds is 5. The van der Waals surface area contributed by atoms with E-state index in [-0.39, 0.29) is 12.1 Å². The average Bonchev–Trinajstić information content (AvgIpc) is 3.46. The van der Waals surface area contributed by atoms with Crippen molar-refractivity contribution < 1.29 is 4.79 Å². The maximum Gasteiger partial charge on any atom is 0.326 e. The monoisotopic (exact) mass is 578 g/mol. The molecule has 2 N–H and O–H groups in total. The number of aryl methyl sites for hydroxylation is 2. The molecule has 11 nitrogen and oxygen atoms in total. The van der Waals surface area contributed by atoms with Gasteiger partial charge in [-0.1, -0.05) is 18.2 Å². The second kappa shape index (κ2) is 10.9. The summed E-state index contributed by atoms with van der Waals surface area (Å²) in [4.78, 5) is 31.6. The van der Waals surface area contributed by atoms with Crippen LogP contribution >= 0.6 is 0 Å². The maximum atomic E-state index is 13.7. The van der Waals surface area contributed by atoms with Crippen LogP contribution in [0.5, 0.6) is 0 Å². The third-order valence-corrected chi connectivity index (χ3v) is 8.91. The summed E-state index contributed by atoms with van der Waals surface area (Å²) in [5.41, 5.74) is 8.60. The molecule has 0 bridgehead atoms. The van der Waals surface area contributed by atoms with Crippen molar-refractivity contribution in [2.75, 3.05) is 67.3 Å². The lowest BCUT2D eigenvalue weighted by Gasteiger charge is -2.41. The van der Waals surface area contributed by atoms with E-state index < -0.39 is 0 Å². The summed E-state index contributed by atoms with van der Waals surface area (Å²) in [5.74, 6) is 1.10. The number of benzene rings is 2. The molecule has 1 unspecified atom stereocenters. The molecule has 2 amide bonds. The van der Waals surface area contributed by atoms with Gasteiger partial charge >= 0.3 is 6.03 Å². The number of amides is 2. The maximum absolute atomic E-state index is 13.7. The molecule has 4 aromatic rings. The van der Waals surface area contributed by atoms with Gasteiger partial charge in [0.2, 0.25) is 5.95 Å². The normalized spacial score (nSPS) is 18.7. The fourth-order valence-electron chi connectivity index (χ4n) is 6.46. The lowest BCUT2D eigenvalue weighted by molar-refractivity contribution is 0.170. The molecular weight excluding hydrogens is 540 g/mol. The van der Waals surface area contributed by atoms with Crippen LogP contribution in [0.4, 0.5) is 33.6 Å². The fraction of sp³-hybridized carbons (Fsp3) is 0.375. The highest BCUT2D eigenvalue weighted by Crippen LogP contribution is 2.40. The Morgan fingerprint density at radius 1 is 1.02 bits per heavy atom. The first-order chi connectivity index (χ1) is 20.9. The minimum atomic E-state index is -0.0505. The second-order valence-electron chi connectivity index (χ2n) is 11.8. The molecule has 0 saturated carbocycles. The number of hydrogen-bond acceptors (Lipinski definition) is 8. The number of para-hydroxylation sites is 1. The number of carbonyl (C=O) groups excluding carboxylic acids is 1. The largest absolute Gasteiger partial charge is 0.385 e. The summed E-state index contributed by atoms with van der Waals surface area (Å²) in [5, 5.41) is 11.4. The van der Waals surface area contributed by atoms with E-state index in [1.54, 1.807) is 11.9 Å². The molecule has 1 atom stereocenters. The number of nitrogens with one attached hydrogen (secondary N) is 2. The predicted molar refractivity (Wildman–Crippen MR) is 170 cm³/mol. The van der Waals surface area contributed by atoms with Gasteiger partial charge in [-0.15, -0.1) is 0 Å². The van der Waals surface area contributed by atoms with E-state index in [9.17, 15) is 4.79 Å².